The number of aryl methyl sites for hydroxylation is 2. The monoisotopic (exact) mass is 383 g/mol. The molecule has 4 nitrogen and oxygen atoms in total. The molecule has 0 spiro atoms. The van der Waals surface area contributed by atoms with Crippen molar-refractivity contribution in [2.75, 3.05) is 0 Å². The summed E-state index contributed by atoms with van der Waals surface area (Å²) in [6.07, 6.45) is -2.23. The van der Waals surface area contributed by atoms with Crippen LogP contribution in [0, 0.1) is 6.92 Å². The first kappa shape index (κ1) is 18.6. The van der Waals surface area contributed by atoms with Crippen LogP contribution < -0.4 is 0 Å². The van der Waals surface area contributed by atoms with Gasteiger partial charge in [-0.1, -0.05) is 17.7 Å². The van der Waals surface area contributed by atoms with Crippen LogP contribution in [0.4, 0.5) is 13.2 Å². The average Bonchev–Trinajstić information content (AvgIpc) is 2.91. The lowest BCUT2D eigenvalue weighted by Crippen LogP contribution is -2.27. The predicted molar refractivity (Wildman–Crippen MR) is 90.9 cm³/mol. The quantitative estimate of drug-likeness (QED) is 0.722. The molecule has 0 radical (unpaired) electrons. The molecule has 2 aromatic rings. The summed E-state index contributed by atoms with van der Waals surface area (Å²) in [5.41, 5.74) is 3.09. The Kier molecular flexibility index (Phi) is 4.92. The van der Waals surface area contributed by atoms with E-state index in [0.717, 1.165) is 5.56 Å². The van der Waals surface area contributed by atoms with Crippen LogP contribution in [-0.2, 0) is 13.0 Å². The molecule has 2 aromatic heterocycles. The number of aromatic nitrogens is 2. The fraction of sp³-hybridized carbons (Fsp3) is 0.389. The lowest BCUT2D eigenvalue weighted by atomic mass is 10.0. The van der Waals surface area contributed by atoms with E-state index in [0.29, 0.717) is 34.1 Å². The number of rotatable bonds is 4. The van der Waals surface area contributed by atoms with Gasteiger partial charge in [0, 0.05) is 35.6 Å². The van der Waals surface area contributed by atoms with Crippen LogP contribution in [0.2, 0.25) is 5.15 Å². The van der Waals surface area contributed by atoms with Gasteiger partial charge in [0.05, 0.1) is 12.6 Å². The maximum absolute atomic E-state index is 12.6. The number of fused-ring (bicyclic) bond motifs is 1. The van der Waals surface area contributed by atoms with Crippen molar-refractivity contribution in [1.82, 2.24) is 14.9 Å². The minimum Gasteiger partial charge on any atom is -0.327 e. The van der Waals surface area contributed by atoms with Crippen molar-refractivity contribution in [3.63, 3.8) is 0 Å². The standard InChI is InChI=1S/C18H17ClF3N3O/c1-10-7-12(8-24-15(10)3-5-18(20,21)22)11(2)25-9-14-13(17(25)26)4-6-23-16(14)19/h4,6-8,11H,3,5,9H2,1-2H3. The SMILES string of the molecule is Cc1cc(C(C)N2Cc3c(ccnc3Cl)C2=O)cnc1CCC(F)(F)F. The van der Waals surface area contributed by atoms with E-state index in [1.807, 2.05) is 6.92 Å². The molecule has 26 heavy (non-hydrogen) atoms. The highest BCUT2D eigenvalue weighted by Crippen LogP contribution is 2.34. The molecule has 0 saturated carbocycles. The minimum atomic E-state index is -4.21. The van der Waals surface area contributed by atoms with Gasteiger partial charge in [-0.15, -0.1) is 0 Å². The maximum Gasteiger partial charge on any atom is 0.389 e. The van der Waals surface area contributed by atoms with Crippen LogP contribution in [-0.4, -0.2) is 27.0 Å². The summed E-state index contributed by atoms with van der Waals surface area (Å²) in [6.45, 7) is 3.93. The van der Waals surface area contributed by atoms with E-state index < -0.39 is 12.6 Å². The fourth-order valence-electron chi connectivity index (χ4n) is 3.08. The molecule has 0 saturated heterocycles. The lowest BCUT2D eigenvalue weighted by Gasteiger charge is -2.25. The first-order chi connectivity index (χ1) is 12.2. The third-order valence-electron chi connectivity index (χ3n) is 4.63. The molecule has 1 amide bonds. The number of halogens is 4. The highest BCUT2D eigenvalue weighted by molar-refractivity contribution is 6.30. The van der Waals surface area contributed by atoms with E-state index in [4.69, 9.17) is 11.6 Å². The van der Waals surface area contributed by atoms with E-state index >= 15 is 0 Å². The second kappa shape index (κ2) is 6.87. The van der Waals surface area contributed by atoms with Crippen LogP contribution >= 0.6 is 11.6 Å². The first-order valence-electron chi connectivity index (χ1n) is 8.14. The zero-order valence-electron chi connectivity index (χ0n) is 14.3. The summed E-state index contributed by atoms with van der Waals surface area (Å²) < 4.78 is 37.2. The molecule has 1 atom stereocenters. The highest BCUT2D eigenvalue weighted by atomic mass is 35.5. The van der Waals surface area contributed by atoms with Crippen LogP contribution in [0.3, 0.4) is 0 Å². The van der Waals surface area contributed by atoms with Crippen molar-refractivity contribution in [3.05, 3.63) is 57.6 Å². The summed E-state index contributed by atoms with van der Waals surface area (Å²) in [7, 11) is 0. The van der Waals surface area contributed by atoms with E-state index in [1.165, 1.54) is 6.20 Å². The fourth-order valence-corrected chi connectivity index (χ4v) is 3.30. The van der Waals surface area contributed by atoms with E-state index in [9.17, 15) is 18.0 Å². The van der Waals surface area contributed by atoms with Gasteiger partial charge in [0.1, 0.15) is 5.15 Å². The zero-order chi connectivity index (χ0) is 19.1. The lowest BCUT2D eigenvalue weighted by molar-refractivity contribution is -0.134. The molecule has 3 rings (SSSR count). The van der Waals surface area contributed by atoms with Gasteiger partial charge in [-0.3, -0.25) is 9.78 Å². The molecule has 0 bridgehead atoms. The van der Waals surface area contributed by atoms with Gasteiger partial charge in [0.25, 0.3) is 5.91 Å². The Morgan fingerprint density at radius 2 is 2.08 bits per heavy atom. The molecule has 3 heterocycles. The van der Waals surface area contributed by atoms with Gasteiger partial charge in [0.15, 0.2) is 0 Å². The van der Waals surface area contributed by atoms with Gasteiger partial charge in [-0.05, 0) is 37.5 Å². The Labute approximate surface area is 154 Å². The number of alkyl halides is 3. The summed E-state index contributed by atoms with van der Waals surface area (Å²) in [4.78, 5) is 22.5. The van der Waals surface area contributed by atoms with Crippen LogP contribution in [0.25, 0.3) is 0 Å². The predicted octanol–water partition coefficient (Wildman–Crippen LogP) is 4.65. The van der Waals surface area contributed by atoms with Gasteiger partial charge in [-0.2, -0.15) is 13.2 Å². The Hall–Kier alpha value is -2.15. The smallest absolute Gasteiger partial charge is 0.327 e. The van der Waals surface area contributed by atoms with Crippen molar-refractivity contribution in [3.8, 4) is 0 Å². The van der Waals surface area contributed by atoms with Crippen molar-refractivity contribution >= 4 is 17.5 Å². The van der Waals surface area contributed by atoms with Crippen molar-refractivity contribution in [2.24, 2.45) is 0 Å². The largest absolute Gasteiger partial charge is 0.389 e. The molecule has 0 fully saturated rings. The molecular weight excluding hydrogens is 367 g/mol. The van der Waals surface area contributed by atoms with E-state index in [-0.39, 0.29) is 18.4 Å². The minimum absolute atomic E-state index is 0.143. The van der Waals surface area contributed by atoms with Gasteiger partial charge >= 0.3 is 6.18 Å². The molecule has 1 unspecified atom stereocenters. The number of pyridine rings is 2. The second-order valence-electron chi connectivity index (χ2n) is 6.38. The second-order valence-corrected chi connectivity index (χ2v) is 6.74. The van der Waals surface area contributed by atoms with Crippen LogP contribution in [0.1, 0.15) is 52.1 Å². The molecular formula is C18H17ClF3N3O. The third-order valence-corrected chi connectivity index (χ3v) is 4.95. The van der Waals surface area contributed by atoms with Gasteiger partial charge in [0.2, 0.25) is 0 Å². The molecule has 0 aliphatic carbocycles. The summed E-state index contributed by atoms with van der Waals surface area (Å²) in [5, 5.41) is 0.308. The number of amides is 1. The third kappa shape index (κ3) is 3.67. The van der Waals surface area contributed by atoms with Gasteiger partial charge < -0.3 is 4.90 Å². The van der Waals surface area contributed by atoms with Gasteiger partial charge in [-0.25, -0.2) is 4.98 Å². The number of hydrogen-bond donors (Lipinski definition) is 0. The topological polar surface area (TPSA) is 46.1 Å². The van der Waals surface area contributed by atoms with Crippen molar-refractivity contribution in [1.29, 1.82) is 0 Å². The Morgan fingerprint density at radius 3 is 2.69 bits per heavy atom. The number of carbonyl (C=O) groups excluding carboxylic acids is 1. The number of nitrogens with zero attached hydrogens (tertiary/aromatic N) is 3. The number of hydrogen-bond acceptors (Lipinski definition) is 3. The average molecular weight is 384 g/mol. The number of carbonyl (C=O) groups is 1. The molecule has 138 valence electrons. The Balaban J connectivity index is 1.79. The first-order valence-corrected chi connectivity index (χ1v) is 8.51. The van der Waals surface area contributed by atoms with Crippen molar-refractivity contribution < 1.29 is 18.0 Å². The zero-order valence-corrected chi connectivity index (χ0v) is 15.0. The van der Waals surface area contributed by atoms with Crippen LogP contribution in [0.15, 0.2) is 24.5 Å². The normalized spacial score (nSPS) is 15.3. The van der Waals surface area contributed by atoms with Crippen molar-refractivity contribution in [2.45, 2.75) is 45.5 Å². The summed E-state index contributed by atoms with van der Waals surface area (Å²) >= 11 is 6.07. The highest BCUT2D eigenvalue weighted by Gasteiger charge is 2.33. The maximum atomic E-state index is 12.6. The van der Waals surface area contributed by atoms with E-state index in [2.05, 4.69) is 9.97 Å². The summed E-state index contributed by atoms with van der Waals surface area (Å²) in [6, 6.07) is 3.15. The summed E-state index contributed by atoms with van der Waals surface area (Å²) in [5.74, 6) is -0.143. The molecule has 1 aliphatic rings. The molecule has 0 aromatic carbocycles. The Morgan fingerprint density at radius 1 is 1.35 bits per heavy atom. The van der Waals surface area contributed by atoms with Crippen LogP contribution in [0.5, 0.6) is 0 Å². The molecule has 1 aliphatic heterocycles. The molecule has 0 N–H and O–H groups in total. The van der Waals surface area contributed by atoms with E-state index in [1.54, 1.807) is 30.2 Å². The Bertz CT molecular complexity index is 854. The molecule has 8 heteroatoms.